The van der Waals surface area contributed by atoms with E-state index in [9.17, 15) is 0 Å². The Morgan fingerprint density at radius 2 is 2.07 bits per heavy atom. The van der Waals surface area contributed by atoms with Crippen LogP contribution in [0.3, 0.4) is 0 Å². The third kappa shape index (κ3) is 0.931. The summed E-state index contributed by atoms with van der Waals surface area (Å²) >= 11 is 0. The average Bonchev–Trinajstić information content (AvgIpc) is 2.79. The predicted molar refractivity (Wildman–Crippen MR) is 58.4 cm³/mol. The van der Waals surface area contributed by atoms with Crippen molar-refractivity contribution in [1.82, 2.24) is 0 Å². The van der Waals surface area contributed by atoms with Crippen molar-refractivity contribution in [2.45, 2.75) is 38.9 Å². The monoisotopic (exact) mass is 208 g/mol. The molecule has 3 rings (SSSR count). The second-order valence-electron chi connectivity index (χ2n) is 5.16. The van der Waals surface area contributed by atoms with Crippen molar-refractivity contribution in [1.29, 1.82) is 0 Å². The molecule has 0 N–H and O–H groups in total. The molecule has 3 atom stereocenters. The Hall–Kier alpha value is -0.340. The minimum atomic E-state index is -0.239. The fourth-order valence-electron chi connectivity index (χ4n) is 4.22. The van der Waals surface area contributed by atoms with E-state index in [1.54, 1.807) is 0 Å². The van der Waals surface area contributed by atoms with Crippen LogP contribution in [0.15, 0.2) is 12.2 Å². The van der Waals surface area contributed by atoms with E-state index >= 15 is 0 Å². The van der Waals surface area contributed by atoms with E-state index in [0.29, 0.717) is 11.8 Å². The highest BCUT2D eigenvalue weighted by molar-refractivity contribution is 5.22. The van der Waals surface area contributed by atoms with Gasteiger partial charge in [0.1, 0.15) is 0 Å². The first-order valence-electron chi connectivity index (χ1n) is 6.21. The quantitative estimate of drug-likeness (QED) is 0.617. The zero-order chi connectivity index (χ0) is 10.5. The molecule has 0 amide bonds. The minimum Gasteiger partial charge on any atom is -0.347 e. The second-order valence-corrected chi connectivity index (χ2v) is 5.16. The van der Waals surface area contributed by atoms with Gasteiger partial charge in [0.2, 0.25) is 0 Å². The van der Waals surface area contributed by atoms with Gasteiger partial charge in [-0.15, -0.1) is 0 Å². The van der Waals surface area contributed by atoms with Crippen LogP contribution in [0.2, 0.25) is 0 Å². The summed E-state index contributed by atoms with van der Waals surface area (Å²) in [5.74, 6) is 0.961. The molecular weight excluding hydrogens is 188 g/mol. The Bertz CT molecular complexity index is 291. The van der Waals surface area contributed by atoms with Gasteiger partial charge in [0.15, 0.2) is 5.79 Å². The molecule has 0 aromatic carbocycles. The van der Waals surface area contributed by atoms with Crippen molar-refractivity contribution >= 4 is 0 Å². The van der Waals surface area contributed by atoms with Crippen LogP contribution in [-0.2, 0) is 9.47 Å². The van der Waals surface area contributed by atoms with Crippen molar-refractivity contribution in [2.24, 2.45) is 17.3 Å². The molecule has 2 nitrogen and oxygen atoms in total. The van der Waals surface area contributed by atoms with Gasteiger partial charge in [-0.2, -0.15) is 0 Å². The van der Waals surface area contributed by atoms with E-state index in [4.69, 9.17) is 9.47 Å². The maximum absolute atomic E-state index is 6.00. The minimum absolute atomic E-state index is 0.239. The number of rotatable bonds is 1. The second kappa shape index (κ2) is 3.08. The number of fused-ring (bicyclic) bond motifs is 2. The molecule has 1 spiro atoms. The number of ether oxygens (including phenoxy) is 2. The lowest BCUT2D eigenvalue weighted by Gasteiger charge is -2.66. The van der Waals surface area contributed by atoms with Crippen molar-refractivity contribution in [3.63, 3.8) is 0 Å². The molecule has 1 saturated carbocycles. The highest BCUT2D eigenvalue weighted by atomic mass is 16.7. The van der Waals surface area contributed by atoms with Crippen LogP contribution >= 0.6 is 0 Å². The SMILES string of the molecule is CCC12CCC=CC1C(C)C21OCCO1. The van der Waals surface area contributed by atoms with E-state index in [2.05, 4.69) is 26.0 Å². The summed E-state index contributed by atoms with van der Waals surface area (Å²) < 4.78 is 12.0. The Morgan fingerprint density at radius 1 is 1.33 bits per heavy atom. The summed E-state index contributed by atoms with van der Waals surface area (Å²) in [7, 11) is 0. The average molecular weight is 208 g/mol. The van der Waals surface area contributed by atoms with Gasteiger partial charge in [0, 0.05) is 11.3 Å². The Kier molecular flexibility index (Phi) is 2.02. The van der Waals surface area contributed by atoms with Gasteiger partial charge in [0.05, 0.1) is 13.2 Å². The van der Waals surface area contributed by atoms with Crippen LogP contribution in [0.5, 0.6) is 0 Å². The molecule has 2 fully saturated rings. The molecular formula is C13H20O2. The Balaban J connectivity index is 1.99. The number of hydrogen-bond donors (Lipinski definition) is 0. The molecule has 2 heteroatoms. The summed E-state index contributed by atoms with van der Waals surface area (Å²) in [6, 6.07) is 0. The molecule has 0 aromatic heterocycles. The maximum Gasteiger partial charge on any atom is 0.177 e. The molecule has 0 aromatic rings. The highest BCUT2D eigenvalue weighted by Crippen LogP contribution is 2.67. The lowest BCUT2D eigenvalue weighted by Crippen LogP contribution is -2.70. The van der Waals surface area contributed by atoms with Gasteiger partial charge in [0.25, 0.3) is 0 Å². The number of hydrogen-bond acceptors (Lipinski definition) is 2. The van der Waals surface area contributed by atoms with Crippen molar-refractivity contribution in [3.05, 3.63) is 12.2 Å². The first-order valence-corrected chi connectivity index (χ1v) is 6.21. The van der Waals surface area contributed by atoms with Crippen LogP contribution in [0.4, 0.5) is 0 Å². The Labute approximate surface area is 91.6 Å². The fourth-order valence-corrected chi connectivity index (χ4v) is 4.22. The van der Waals surface area contributed by atoms with E-state index in [1.807, 2.05) is 0 Å². The fraction of sp³-hybridized carbons (Fsp3) is 0.846. The van der Waals surface area contributed by atoms with Gasteiger partial charge in [-0.05, 0) is 25.2 Å². The van der Waals surface area contributed by atoms with Gasteiger partial charge < -0.3 is 9.47 Å². The molecule has 1 saturated heterocycles. The standard InChI is InChI=1S/C13H20O2/c1-3-12-7-5-4-6-11(12)10(2)13(12)14-8-9-15-13/h4,6,10-11H,3,5,7-9H2,1-2H3. The van der Waals surface area contributed by atoms with Crippen LogP contribution in [0.1, 0.15) is 33.1 Å². The van der Waals surface area contributed by atoms with Gasteiger partial charge in [-0.3, -0.25) is 0 Å². The van der Waals surface area contributed by atoms with Crippen molar-refractivity contribution in [3.8, 4) is 0 Å². The first-order chi connectivity index (χ1) is 7.27. The predicted octanol–water partition coefficient (Wildman–Crippen LogP) is 2.74. The van der Waals surface area contributed by atoms with E-state index in [-0.39, 0.29) is 11.2 Å². The lowest BCUT2D eigenvalue weighted by atomic mass is 9.45. The zero-order valence-electron chi connectivity index (χ0n) is 9.66. The van der Waals surface area contributed by atoms with E-state index in [1.165, 1.54) is 19.3 Å². The number of allylic oxidation sites excluding steroid dienone is 2. The summed E-state index contributed by atoms with van der Waals surface area (Å²) in [4.78, 5) is 0. The summed E-state index contributed by atoms with van der Waals surface area (Å²) in [6.07, 6.45) is 8.32. The normalized spacial score (nSPS) is 46.5. The van der Waals surface area contributed by atoms with Crippen molar-refractivity contribution < 1.29 is 9.47 Å². The third-order valence-corrected chi connectivity index (χ3v) is 4.92. The maximum atomic E-state index is 6.00. The lowest BCUT2D eigenvalue weighted by molar-refractivity contribution is -0.360. The molecule has 2 aliphatic carbocycles. The van der Waals surface area contributed by atoms with Gasteiger partial charge in [-0.1, -0.05) is 26.0 Å². The Morgan fingerprint density at radius 3 is 2.73 bits per heavy atom. The molecule has 15 heavy (non-hydrogen) atoms. The van der Waals surface area contributed by atoms with Crippen LogP contribution in [0.25, 0.3) is 0 Å². The molecule has 3 unspecified atom stereocenters. The van der Waals surface area contributed by atoms with Crippen LogP contribution < -0.4 is 0 Å². The molecule has 0 radical (unpaired) electrons. The van der Waals surface area contributed by atoms with E-state index < -0.39 is 0 Å². The molecule has 3 aliphatic rings. The van der Waals surface area contributed by atoms with Gasteiger partial charge >= 0.3 is 0 Å². The largest absolute Gasteiger partial charge is 0.347 e. The molecule has 1 aliphatic heterocycles. The van der Waals surface area contributed by atoms with E-state index in [0.717, 1.165) is 13.2 Å². The topological polar surface area (TPSA) is 18.5 Å². The summed E-state index contributed by atoms with van der Waals surface area (Å²) in [6.45, 7) is 6.12. The zero-order valence-corrected chi connectivity index (χ0v) is 9.66. The van der Waals surface area contributed by atoms with Crippen LogP contribution in [0, 0.1) is 17.3 Å². The third-order valence-electron chi connectivity index (χ3n) is 4.92. The first kappa shape index (κ1) is 9.86. The van der Waals surface area contributed by atoms with Gasteiger partial charge in [-0.25, -0.2) is 0 Å². The highest BCUT2D eigenvalue weighted by Gasteiger charge is 2.71. The summed E-state index contributed by atoms with van der Waals surface area (Å²) in [5.41, 5.74) is 0.275. The van der Waals surface area contributed by atoms with Crippen molar-refractivity contribution in [2.75, 3.05) is 13.2 Å². The molecule has 1 heterocycles. The molecule has 84 valence electrons. The smallest absolute Gasteiger partial charge is 0.177 e. The molecule has 0 bridgehead atoms. The summed E-state index contributed by atoms with van der Waals surface area (Å²) in [5, 5.41) is 0. The van der Waals surface area contributed by atoms with Crippen LogP contribution in [-0.4, -0.2) is 19.0 Å².